The summed E-state index contributed by atoms with van der Waals surface area (Å²) in [6, 6.07) is 8.09. The number of hydrogen-bond acceptors (Lipinski definition) is 6. The van der Waals surface area contributed by atoms with Gasteiger partial charge in [0.05, 0.1) is 12.4 Å². The van der Waals surface area contributed by atoms with Crippen molar-refractivity contribution in [3.05, 3.63) is 29.8 Å². The summed E-state index contributed by atoms with van der Waals surface area (Å²) in [7, 11) is 0.00514. The first-order chi connectivity index (χ1) is 11.6. The molecule has 0 aliphatic rings. The number of thioether (sulfide) groups is 3. The number of carboxylic acids is 1. The van der Waals surface area contributed by atoms with Crippen LogP contribution in [0.2, 0.25) is 0 Å². The molecule has 1 aromatic carbocycles. The van der Waals surface area contributed by atoms with E-state index in [1.54, 1.807) is 11.8 Å². The molecule has 2 N–H and O–H groups in total. The van der Waals surface area contributed by atoms with Gasteiger partial charge in [-0.3, -0.25) is 4.79 Å². The molecule has 1 aromatic rings. The second-order valence-electron chi connectivity index (χ2n) is 4.77. The van der Waals surface area contributed by atoms with E-state index in [2.05, 4.69) is 18.0 Å². The summed E-state index contributed by atoms with van der Waals surface area (Å²) >= 11 is 4.95. The van der Waals surface area contributed by atoms with Gasteiger partial charge in [-0.05, 0) is 17.7 Å². The number of hydrogen-bond donors (Lipinski definition) is 2. The van der Waals surface area contributed by atoms with Crippen LogP contribution in [0, 0.1) is 0 Å². The molecule has 0 amide bonds. The summed E-state index contributed by atoms with van der Waals surface area (Å²) in [4.78, 5) is 10.4. The highest BCUT2D eigenvalue weighted by Crippen LogP contribution is 2.21. The molecule has 0 saturated heterocycles. The number of rotatable bonds is 14. The third-order valence-corrected chi connectivity index (χ3v) is 8.01. The number of aliphatic hydroxyl groups excluding tert-OH is 1. The Bertz CT molecular complexity index is 493. The van der Waals surface area contributed by atoms with Crippen LogP contribution < -0.4 is 4.74 Å². The third kappa shape index (κ3) is 11.3. The van der Waals surface area contributed by atoms with E-state index in [9.17, 15) is 4.79 Å². The highest BCUT2D eigenvalue weighted by molar-refractivity contribution is 8.24. The Morgan fingerprint density at radius 1 is 1.17 bits per heavy atom. The summed E-state index contributed by atoms with van der Waals surface area (Å²) < 4.78 is 5.68. The van der Waals surface area contributed by atoms with Gasteiger partial charge in [-0.15, -0.1) is 23.5 Å². The van der Waals surface area contributed by atoms with Crippen LogP contribution in [0.4, 0.5) is 0 Å². The second-order valence-corrected chi connectivity index (χ2v) is 10.2. The highest BCUT2D eigenvalue weighted by atomic mass is 32.2. The van der Waals surface area contributed by atoms with Crippen molar-refractivity contribution in [3.63, 3.8) is 0 Å². The van der Waals surface area contributed by atoms with Gasteiger partial charge in [-0.1, -0.05) is 18.0 Å². The van der Waals surface area contributed by atoms with Crippen LogP contribution in [-0.4, -0.2) is 62.7 Å². The van der Waals surface area contributed by atoms with Crippen molar-refractivity contribution in [2.24, 2.45) is 0 Å². The Kier molecular flexibility index (Phi) is 12.6. The maximum atomic E-state index is 10.4. The number of carbonyl (C=O) groups is 1. The molecule has 0 spiro atoms. The fraction of sp³-hybridized carbons (Fsp3) is 0.500. The molecule has 1 unspecified atom stereocenters. The van der Waals surface area contributed by atoms with E-state index < -0.39 is 5.97 Å². The molecular weight excluding hydrogens is 384 g/mol. The fourth-order valence-electron chi connectivity index (χ4n) is 1.60. The molecular formula is C16H24O4S4. The van der Waals surface area contributed by atoms with Gasteiger partial charge < -0.3 is 14.9 Å². The average Bonchev–Trinajstić information content (AvgIpc) is 2.56. The molecule has 8 heteroatoms. The van der Waals surface area contributed by atoms with Gasteiger partial charge in [0, 0.05) is 28.1 Å². The van der Waals surface area contributed by atoms with E-state index in [4.69, 9.17) is 14.9 Å². The average molecular weight is 409 g/mol. The Balaban J connectivity index is 2.12. The topological polar surface area (TPSA) is 66.8 Å². The van der Waals surface area contributed by atoms with Gasteiger partial charge in [0.25, 0.3) is 0 Å². The van der Waals surface area contributed by atoms with E-state index in [1.807, 2.05) is 23.9 Å². The normalized spacial score (nSPS) is 12.0. The molecule has 0 radical (unpaired) electrons. The summed E-state index contributed by atoms with van der Waals surface area (Å²) in [5, 5.41) is 18.3. The minimum Gasteiger partial charge on any atom is -0.483 e. The molecule has 0 aromatic heterocycles. The van der Waals surface area contributed by atoms with Crippen LogP contribution in [0.5, 0.6) is 5.75 Å². The maximum absolute atomic E-state index is 10.4. The van der Waals surface area contributed by atoms with Crippen molar-refractivity contribution in [1.82, 2.24) is 0 Å². The van der Waals surface area contributed by atoms with Gasteiger partial charge in [-0.25, -0.2) is 0 Å². The summed E-state index contributed by atoms with van der Waals surface area (Å²) in [6.45, 7) is 0.200. The van der Waals surface area contributed by atoms with Crippen molar-refractivity contribution in [2.45, 2.75) is 5.75 Å². The lowest BCUT2D eigenvalue weighted by Gasteiger charge is -2.08. The van der Waals surface area contributed by atoms with Crippen molar-refractivity contribution in [1.29, 1.82) is 0 Å². The van der Waals surface area contributed by atoms with Crippen LogP contribution in [0.1, 0.15) is 5.56 Å². The summed E-state index contributed by atoms with van der Waals surface area (Å²) in [5.74, 6) is 8.38. The Morgan fingerprint density at radius 3 is 2.54 bits per heavy atom. The van der Waals surface area contributed by atoms with Crippen molar-refractivity contribution in [2.75, 3.05) is 40.6 Å². The van der Waals surface area contributed by atoms with Gasteiger partial charge in [0.1, 0.15) is 11.7 Å². The zero-order valence-corrected chi connectivity index (χ0v) is 16.8. The van der Waals surface area contributed by atoms with Crippen LogP contribution in [0.3, 0.4) is 0 Å². The molecule has 0 bridgehead atoms. The lowest BCUT2D eigenvalue weighted by molar-refractivity contribution is -0.133. The minimum atomic E-state index is -0.752. The highest BCUT2D eigenvalue weighted by Gasteiger charge is 1.99. The van der Waals surface area contributed by atoms with Crippen LogP contribution in [0.25, 0.3) is 0 Å². The third-order valence-electron chi connectivity index (χ3n) is 2.73. The number of aliphatic carboxylic acids is 1. The number of aliphatic hydroxyl groups is 1. The zero-order chi connectivity index (χ0) is 17.6. The lowest BCUT2D eigenvalue weighted by atomic mass is 10.2. The van der Waals surface area contributed by atoms with Crippen molar-refractivity contribution < 1.29 is 19.7 Å². The lowest BCUT2D eigenvalue weighted by Crippen LogP contribution is -1.99. The molecule has 0 heterocycles. The molecule has 1 rings (SSSR count). The Morgan fingerprint density at radius 2 is 1.88 bits per heavy atom. The first kappa shape index (κ1) is 21.8. The smallest absolute Gasteiger partial charge is 0.313 e. The minimum absolute atomic E-state index is 0.00514. The Labute approximate surface area is 159 Å². The zero-order valence-electron chi connectivity index (χ0n) is 13.5. The molecule has 1 atom stereocenters. The van der Waals surface area contributed by atoms with E-state index in [0.717, 1.165) is 33.8 Å². The number of carboxylic acid groups (broad SMARTS) is 1. The predicted molar refractivity (Wildman–Crippen MR) is 112 cm³/mol. The Hall–Kier alpha value is -0.280. The van der Waals surface area contributed by atoms with Crippen LogP contribution in [0.15, 0.2) is 24.3 Å². The second kappa shape index (κ2) is 13.9. The first-order valence-electron chi connectivity index (χ1n) is 7.36. The molecule has 0 saturated carbocycles. The van der Waals surface area contributed by atoms with Crippen LogP contribution in [-0.2, 0) is 10.5 Å². The molecule has 0 aliphatic heterocycles. The van der Waals surface area contributed by atoms with Gasteiger partial charge in [0.15, 0.2) is 0 Å². The molecule has 136 valence electrons. The maximum Gasteiger partial charge on any atom is 0.313 e. The van der Waals surface area contributed by atoms with Crippen molar-refractivity contribution >= 4 is 57.6 Å². The van der Waals surface area contributed by atoms with Crippen LogP contribution >= 0.6 is 45.8 Å². The molecule has 4 nitrogen and oxygen atoms in total. The molecule has 0 fully saturated rings. The largest absolute Gasteiger partial charge is 0.483 e. The SMILES string of the molecule is C=S(CCO)CSCOc1ccc(CSCCSCC(=O)O)cc1. The molecule has 24 heavy (non-hydrogen) atoms. The monoisotopic (exact) mass is 408 g/mol. The van der Waals surface area contributed by atoms with Gasteiger partial charge in [0.2, 0.25) is 0 Å². The summed E-state index contributed by atoms with van der Waals surface area (Å²) in [5.41, 5.74) is 1.24. The fourth-order valence-corrected chi connectivity index (χ4v) is 5.60. The molecule has 0 aliphatic carbocycles. The van der Waals surface area contributed by atoms with Crippen molar-refractivity contribution in [3.8, 4) is 5.75 Å². The van der Waals surface area contributed by atoms with E-state index in [1.165, 1.54) is 17.3 Å². The standard InChI is InChI=1S/C16H24O4S4/c1-24(9-6-17)13-23-12-20-15-4-2-14(3-5-15)10-21-7-8-22-11-16(18)19/h2-5,17H,1,6-13H2,(H,18,19). The first-order valence-corrected chi connectivity index (χ1v) is 12.6. The van der Waals surface area contributed by atoms with E-state index in [-0.39, 0.29) is 22.8 Å². The van der Waals surface area contributed by atoms with E-state index in [0.29, 0.717) is 5.94 Å². The number of benzene rings is 1. The predicted octanol–water partition coefficient (Wildman–Crippen LogP) is 3.46. The quantitative estimate of drug-likeness (QED) is 0.278. The number of ether oxygens (including phenoxy) is 1. The summed E-state index contributed by atoms with van der Waals surface area (Å²) in [6.07, 6.45) is 0. The van der Waals surface area contributed by atoms with Gasteiger partial charge >= 0.3 is 5.97 Å². The van der Waals surface area contributed by atoms with Gasteiger partial charge in [-0.2, -0.15) is 22.2 Å². The van der Waals surface area contributed by atoms with E-state index >= 15 is 0 Å².